The lowest BCUT2D eigenvalue weighted by atomic mass is 10.1. The van der Waals surface area contributed by atoms with Gasteiger partial charge in [-0.1, -0.05) is 17.7 Å². The van der Waals surface area contributed by atoms with Crippen molar-refractivity contribution >= 4 is 18.0 Å². The Labute approximate surface area is 138 Å². The zero-order valence-electron chi connectivity index (χ0n) is 12.9. The van der Waals surface area contributed by atoms with Crippen molar-refractivity contribution in [1.82, 2.24) is 10.7 Å². The molecule has 0 heterocycles. The number of carbonyl (C=O) groups is 2. The first-order valence-corrected chi connectivity index (χ1v) is 7.11. The van der Waals surface area contributed by atoms with Gasteiger partial charge < -0.3 is 10.4 Å². The largest absolute Gasteiger partial charge is 0.507 e. The van der Waals surface area contributed by atoms with E-state index < -0.39 is 17.6 Å². The summed E-state index contributed by atoms with van der Waals surface area (Å²) in [5.41, 5.74) is 3.74. The molecule has 0 unspecified atom stereocenters. The summed E-state index contributed by atoms with van der Waals surface area (Å²) in [5, 5.41) is 15.7. The van der Waals surface area contributed by atoms with Gasteiger partial charge >= 0.3 is 0 Å². The fraction of sp³-hybridized carbons (Fsp3) is 0.118. The van der Waals surface area contributed by atoms with E-state index in [4.69, 9.17) is 0 Å². The maximum Gasteiger partial charge on any atom is 0.259 e. The lowest BCUT2D eigenvalue weighted by Crippen LogP contribution is -2.34. The molecule has 7 heteroatoms. The Morgan fingerprint density at radius 3 is 2.79 bits per heavy atom. The predicted molar refractivity (Wildman–Crippen MR) is 87.3 cm³/mol. The maximum atomic E-state index is 13.0. The van der Waals surface area contributed by atoms with E-state index in [9.17, 15) is 19.1 Å². The molecule has 0 spiro atoms. The molecule has 24 heavy (non-hydrogen) atoms. The number of nitrogens with one attached hydrogen (secondary N) is 2. The van der Waals surface area contributed by atoms with Crippen LogP contribution < -0.4 is 10.7 Å². The SMILES string of the molecule is Cc1ccc(O)c(C=NNC(=O)CNC(=O)c2cccc(F)c2)c1. The molecule has 6 nitrogen and oxygen atoms in total. The van der Waals surface area contributed by atoms with Gasteiger partial charge in [-0.2, -0.15) is 5.10 Å². The van der Waals surface area contributed by atoms with Crippen molar-refractivity contribution in [2.24, 2.45) is 5.10 Å². The van der Waals surface area contributed by atoms with Crippen LogP contribution >= 0.6 is 0 Å². The Bertz CT molecular complexity index is 790. The van der Waals surface area contributed by atoms with Crippen molar-refractivity contribution in [2.45, 2.75) is 6.92 Å². The van der Waals surface area contributed by atoms with E-state index >= 15 is 0 Å². The normalized spacial score (nSPS) is 10.6. The highest BCUT2D eigenvalue weighted by Crippen LogP contribution is 2.15. The Hall–Kier alpha value is -3.22. The van der Waals surface area contributed by atoms with Crippen molar-refractivity contribution in [1.29, 1.82) is 0 Å². The van der Waals surface area contributed by atoms with Gasteiger partial charge in [-0.3, -0.25) is 9.59 Å². The molecule has 0 fully saturated rings. The number of hydrogen-bond acceptors (Lipinski definition) is 4. The minimum atomic E-state index is -0.565. The number of hydrazone groups is 1. The maximum absolute atomic E-state index is 13.0. The van der Waals surface area contributed by atoms with Crippen molar-refractivity contribution < 1.29 is 19.1 Å². The molecule has 3 N–H and O–H groups in total. The number of phenolic OH excluding ortho intramolecular Hbond substituents is 1. The van der Waals surface area contributed by atoms with Crippen LogP contribution in [0.25, 0.3) is 0 Å². The van der Waals surface area contributed by atoms with Gasteiger partial charge in [-0.25, -0.2) is 9.82 Å². The van der Waals surface area contributed by atoms with E-state index in [1.54, 1.807) is 12.1 Å². The molecule has 0 saturated carbocycles. The molecule has 0 saturated heterocycles. The molecule has 0 aliphatic carbocycles. The summed E-state index contributed by atoms with van der Waals surface area (Å²) >= 11 is 0. The topological polar surface area (TPSA) is 90.8 Å². The third kappa shape index (κ3) is 4.91. The molecule has 0 aliphatic heterocycles. The third-order valence-electron chi connectivity index (χ3n) is 3.07. The summed E-state index contributed by atoms with van der Waals surface area (Å²) in [6, 6.07) is 10.1. The van der Waals surface area contributed by atoms with Crippen molar-refractivity contribution in [2.75, 3.05) is 6.54 Å². The average molecular weight is 329 g/mol. The number of phenols is 1. The summed E-state index contributed by atoms with van der Waals surface area (Å²) in [6.45, 7) is 1.55. The Morgan fingerprint density at radius 2 is 2.04 bits per heavy atom. The summed E-state index contributed by atoms with van der Waals surface area (Å²) in [7, 11) is 0. The van der Waals surface area contributed by atoms with Crippen LogP contribution in [0.5, 0.6) is 5.75 Å². The Morgan fingerprint density at radius 1 is 1.25 bits per heavy atom. The van der Waals surface area contributed by atoms with Gasteiger partial charge in [0.25, 0.3) is 11.8 Å². The first kappa shape index (κ1) is 17.1. The Kier molecular flexibility index (Phi) is 5.62. The van der Waals surface area contributed by atoms with E-state index in [1.807, 2.05) is 6.92 Å². The number of carbonyl (C=O) groups excluding carboxylic acids is 2. The summed E-state index contributed by atoms with van der Waals surface area (Å²) in [4.78, 5) is 23.4. The van der Waals surface area contributed by atoms with Crippen LogP contribution in [0.1, 0.15) is 21.5 Å². The van der Waals surface area contributed by atoms with Crippen molar-refractivity contribution in [3.05, 3.63) is 65.0 Å². The van der Waals surface area contributed by atoms with Crippen LogP contribution in [-0.4, -0.2) is 29.7 Å². The van der Waals surface area contributed by atoms with Crippen molar-refractivity contribution in [3.8, 4) is 5.75 Å². The van der Waals surface area contributed by atoms with Gasteiger partial charge in [-0.15, -0.1) is 0 Å². The molecule has 0 aliphatic rings. The molecule has 2 amide bonds. The molecule has 0 radical (unpaired) electrons. The number of hydrogen-bond donors (Lipinski definition) is 3. The number of aryl methyl sites for hydroxylation is 1. The van der Waals surface area contributed by atoms with Gasteiger partial charge in [0.05, 0.1) is 12.8 Å². The lowest BCUT2D eigenvalue weighted by molar-refractivity contribution is -0.120. The van der Waals surface area contributed by atoms with E-state index in [1.165, 1.54) is 30.5 Å². The standard InChI is InChI=1S/C17H16FN3O3/c1-11-5-6-15(22)13(7-11)9-20-21-16(23)10-19-17(24)12-3-2-4-14(18)8-12/h2-9,22H,10H2,1H3,(H,19,24)(H,21,23). The van der Waals surface area contributed by atoms with Crippen LogP contribution in [0.2, 0.25) is 0 Å². The minimum Gasteiger partial charge on any atom is -0.507 e. The second-order valence-electron chi connectivity index (χ2n) is 5.05. The van der Waals surface area contributed by atoms with E-state index in [2.05, 4.69) is 15.8 Å². The highest BCUT2D eigenvalue weighted by molar-refractivity contribution is 5.96. The molecule has 2 aromatic carbocycles. The average Bonchev–Trinajstić information content (AvgIpc) is 2.56. The van der Waals surface area contributed by atoms with Gasteiger partial charge in [-0.05, 0) is 37.3 Å². The number of aromatic hydroxyl groups is 1. The smallest absolute Gasteiger partial charge is 0.259 e. The van der Waals surface area contributed by atoms with Crippen LogP contribution in [-0.2, 0) is 4.79 Å². The monoisotopic (exact) mass is 329 g/mol. The fourth-order valence-corrected chi connectivity index (χ4v) is 1.88. The molecular formula is C17H16FN3O3. The summed E-state index contributed by atoms with van der Waals surface area (Å²) in [6.07, 6.45) is 1.30. The van der Waals surface area contributed by atoms with Crippen molar-refractivity contribution in [3.63, 3.8) is 0 Å². The predicted octanol–water partition coefficient (Wildman–Crippen LogP) is 1.72. The Balaban J connectivity index is 1.84. The summed E-state index contributed by atoms with van der Waals surface area (Å²) < 4.78 is 13.0. The van der Waals surface area contributed by atoms with Crippen LogP contribution in [0, 0.1) is 12.7 Å². The number of nitrogens with zero attached hydrogens (tertiary/aromatic N) is 1. The molecular weight excluding hydrogens is 313 g/mol. The van der Waals surface area contributed by atoms with E-state index in [0.29, 0.717) is 5.56 Å². The molecule has 0 atom stereocenters. The van der Waals surface area contributed by atoms with Gasteiger partial charge in [0.2, 0.25) is 0 Å². The molecule has 2 aromatic rings. The number of benzene rings is 2. The fourth-order valence-electron chi connectivity index (χ4n) is 1.88. The molecule has 0 aromatic heterocycles. The van der Waals surface area contributed by atoms with Gasteiger partial charge in [0.1, 0.15) is 11.6 Å². The molecule has 124 valence electrons. The number of amides is 2. The second-order valence-corrected chi connectivity index (χ2v) is 5.05. The minimum absolute atomic E-state index is 0.0398. The van der Waals surface area contributed by atoms with E-state index in [-0.39, 0.29) is 17.9 Å². The molecule has 2 rings (SSSR count). The zero-order chi connectivity index (χ0) is 17.5. The second kappa shape index (κ2) is 7.87. The summed E-state index contributed by atoms with van der Waals surface area (Å²) in [5.74, 6) is -1.61. The van der Waals surface area contributed by atoms with E-state index in [0.717, 1.165) is 11.6 Å². The molecule has 0 bridgehead atoms. The van der Waals surface area contributed by atoms with Crippen LogP contribution in [0.3, 0.4) is 0 Å². The highest BCUT2D eigenvalue weighted by atomic mass is 19.1. The zero-order valence-corrected chi connectivity index (χ0v) is 12.9. The van der Waals surface area contributed by atoms with Gasteiger partial charge in [0.15, 0.2) is 0 Å². The third-order valence-corrected chi connectivity index (χ3v) is 3.07. The number of rotatable bonds is 5. The lowest BCUT2D eigenvalue weighted by Gasteiger charge is -2.04. The highest BCUT2D eigenvalue weighted by Gasteiger charge is 2.08. The van der Waals surface area contributed by atoms with Crippen LogP contribution in [0.4, 0.5) is 4.39 Å². The van der Waals surface area contributed by atoms with Crippen LogP contribution in [0.15, 0.2) is 47.6 Å². The first-order chi connectivity index (χ1) is 11.5. The quantitative estimate of drug-likeness (QED) is 0.576. The van der Waals surface area contributed by atoms with Gasteiger partial charge in [0, 0.05) is 11.1 Å². The number of halogens is 1. The first-order valence-electron chi connectivity index (χ1n) is 7.11.